The molecule has 0 spiro atoms. The van der Waals surface area contributed by atoms with E-state index in [1.807, 2.05) is 0 Å². The summed E-state index contributed by atoms with van der Waals surface area (Å²) in [6.07, 6.45) is 8.20. The van der Waals surface area contributed by atoms with Gasteiger partial charge in [0.05, 0.1) is 12.7 Å². The van der Waals surface area contributed by atoms with E-state index in [9.17, 15) is 34.2 Å². The van der Waals surface area contributed by atoms with Gasteiger partial charge in [-0.25, -0.2) is 0 Å². The molecule has 0 bridgehead atoms. The first-order valence-electron chi connectivity index (χ1n) is 23.0. The predicted molar refractivity (Wildman–Crippen MR) is 227 cm³/mol. The number of hydrogen-bond acceptors (Lipinski definition) is 10. The van der Waals surface area contributed by atoms with Crippen molar-refractivity contribution in [3.8, 4) is 0 Å². The highest BCUT2D eigenvalue weighted by atomic mass is 16.6. The summed E-state index contributed by atoms with van der Waals surface area (Å²) in [5, 5.41) is 39.0. The number of carboxylic acid groups (broad SMARTS) is 1. The van der Waals surface area contributed by atoms with Gasteiger partial charge >= 0.3 is 5.97 Å². The number of amides is 4. The Hall–Kier alpha value is -3.11. The van der Waals surface area contributed by atoms with Crippen LogP contribution in [0.2, 0.25) is 0 Å². The number of carboxylic acids is 1. The van der Waals surface area contributed by atoms with E-state index in [-0.39, 0.29) is 24.5 Å². The zero-order chi connectivity index (χ0) is 45.0. The number of carbonyl (C=O) groups excluding carboxylic acids is 4. The van der Waals surface area contributed by atoms with Gasteiger partial charge in [-0.3, -0.25) is 24.0 Å². The number of carbonyl (C=O) groups is 5. The van der Waals surface area contributed by atoms with Crippen molar-refractivity contribution < 1.29 is 53.5 Å². The van der Waals surface area contributed by atoms with E-state index in [0.717, 1.165) is 49.4 Å². The summed E-state index contributed by atoms with van der Waals surface area (Å²) in [6, 6.07) is -3.68. The Bertz CT molecular complexity index is 1610. The second kappa shape index (κ2) is 20.6. The second-order valence-electron chi connectivity index (χ2n) is 20.1. The zero-order valence-corrected chi connectivity index (χ0v) is 37.8. The molecule has 4 amide bonds. The lowest BCUT2D eigenvalue weighted by Gasteiger charge is -2.58. The number of hydrogen-bond donors (Lipinski definition) is 7. The number of allylic oxidation sites excluding steroid dienone is 1. The van der Waals surface area contributed by atoms with Crippen molar-refractivity contribution in [3.63, 3.8) is 0 Å². The molecule has 15 nitrogen and oxygen atoms in total. The normalized spacial score (nSPS) is 36.5. The molecule has 0 aromatic carbocycles. The molecule has 16 atom stereocenters. The third-order valence-corrected chi connectivity index (χ3v) is 15.6. The quantitative estimate of drug-likeness (QED) is 0.0914. The van der Waals surface area contributed by atoms with Gasteiger partial charge in [-0.2, -0.15) is 0 Å². The smallest absolute Gasteiger partial charge is 0.303 e. The molecule has 3 saturated carbocycles. The van der Waals surface area contributed by atoms with Crippen LogP contribution in [0.15, 0.2) is 11.6 Å². The Kier molecular flexibility index (Phi) is 16.5. The number of rotatable bonds is 19. The van der Waals surface area contributed by atoms with E-state index in [1.165, 1.54) is 71.3 Å². The predicted octanol–water partition coefficient (Wildman–Crippen LogP) is 4.11. The van der Waals surface area contributed by atoms with Crippen LogP contribution in [0.1, 0.15) is 139 Å². The summed E-state index contributed by atoms with van der Waals surface area (Å²) in [5.74, 6) is 0.347. The standard InChI is InChI=1S/C46H76N4O11/c1-24(2)10-9-11-25(3)32-14-15-33-31-13-12-29-22-30(18-20-45(29,7)34(31)19-21-46(32,33)8)59-23-36-39(54)40(38(44(58)61-36)49-28(6)51)60-27(5)43(57)48-26(4)42(56)50-35(41(47)55)16-17-37(52)53/h12,24-27,30-36,38-40,44,54,58H,9-11,13-23H2,1-8H3,(H2,47,55)(H,48,57)(H,49,51)(H,50,56)(H,52,53)/t25-,26+,27+,30+,31+,32-,33+,34+,35-,36+,38+,39-,40-,44?,45+,46-/m1/s1. The lowest BCUT2D eigenvalue weighted by atomic mass is 9.47. The van der Waals surface area contributed by atoms with Crippen molar-refractivity contribution >= 4 is 29.6 Å². The van der Waals surface area contributed by atoms with Crippen LogP contribution >= 0.6 is 0 Å². The first-order valence-corrected chi connectivity index (χ1v) is 23.0. The van der Waals surface area contributed by atoms with Crippen molar-refractivity contribution in [2.45, 2.75) is 194 Å². The van der Waals surface area contributed by atoms with Gasteiger partial charge in [0.15, 0.2) is 6.29 Å². The van der Waals surface area contributed by atoms with E-state index < -0.39 is 84.9 Å². The molecular weight excluding hydrogens is 785 g/mol. The van der Waals surface area contributed by atoms with Gasteiger partial charge < -0.3 is 51.2 Å². The molecule has 0 aromatic heterocycles. The molecule has 1 aliphatic heterocycles. The number of nitrogens with one attached hydrogen (secondary N) is 3. The summed E-state index contributed by atoms with van der Waals surface area (Å²) in [5.41, 5.74) is 7.34. The number of fused-ring (bicyclic) bond motifs is 5. The molecule has 5 aliphatic rings. The number of aliphatic hydroxyl groups excluding tert-OH is 2. The molecule has 1 unspecified atom stereocenters. The molecule has 15 heteroatoms. The number of nitrogens with two attached hydrogens (primary N) is 1. The first-order chi connectivity index (χ1) is 28.7. The summed E-state index contributed by atoms with van der Waals surface area (Å²) < 4.78 is 18.3. The minimum absolute atomic E-state index is 0.0521. The number of ether oxygens (including phenoxy) is 3. The van der Waals surface area contributed by atoms with Crippen LogP contribution in [0, 0.1) is 46.3 Å². The average molecular weight is 861 g/mol. The molecule has 0 aromatic rings. The Balaban J connectivity index is 1.17. The fraction of sp³-hybridized carbons (Fsp3) is 0.848. The summed E-state index contributed by atoms with van der Waals surface area (Å²) >= 11 is 0. The van der Waals surface area contributed by atoms with Gasteiger partial charge in [0, 0.05) is 13.3 Å². The van der Waals surface area contributed by atoms with Crippen LogP contribution in [0.5, 0.6) is 0 Å². The molecule has 8 N–H and O–H groups in total. The monoisotopic (exact) mass is 861 g/mol. The molecule has 1 heterocycles. The van der Waals surface area contributed by atoms with E-state index in [0.29, 0.717) is 17.3 Å². The fourth-order valence-electron chi connectivity index (χ4n) is 12.2. The number of primary amides is 1. The highest BCUT2D eigenvalue weighted by molar-refractivity contribution is 5.92. The van der Waals surface area contributed by atoms with Crippen LogP contribution in [0.4, 0.5) is 0 Å². The van der Waals surface area contributed by atoms with Crippen molar-refractivity contribution in [1.82, 2.24) is 16.0 Å². The third-order valence-electron chi connectivity index (χ3n) is 15.6. The average Bonchev–Trinajstić information content (AvgIpc) is 3.55. The molecule has 1 saturated heterocycles. The molecule has 4 aliphatic carbocycles. The van der Waals surface area contributed by atoms with Gasteiger partial charge in [-0.15, -0.1) is 0 Å². The van der Waals surface area contributed by atoms with Crippen molar-refractivity contribution in [2.75, 3.05) is 6.61 Å². The van der Waals surface area contributed by atoms with E-state index in [1.54, 1.807) is 0 Å². The fourth-order valence-corrected chi connectivity index (χ4v) is 12.2. The maximum absolute atomic E-state index is 13.2. The van der Waals surface area contributed by atoms with Gasteiger partial charge in [-0.05, 0) is 118 Å². The molecule has 346 valence electrons. The molecule has 0 radical (unpaired) electrons. The summed E-state index contributed by atoms with van der Waals surface area (Å²) in [7, 11) is 0. The van der Waals surface area contributed by atoms with Gasteiger partial charge in [0.1, 0.15) is 42.5 Å². The van der Waals surface area contributed by atoms with Crippen LogP contribution < -0.4 is 21.7 Å². The Labute approximate surface area is 362 Å². The maximum atomic E-state index is 13.2. The minimum Gasteiger partial charge on any atom is -0.481 e. The minimum atomic E-state index is -1.59. The molecule has 5 rings (SSSR count). The number of aliphatic hydroxyl groups is 2. The first kappa shape index (κ1) is 48.9. The van der Waals surface area contributed by atoms with Crippen LogP contribution in [-0.4, -0.2) is 106 Å². The highest BCUT2D eigenvalue weighted by Crippen LogP contribution is 2.67. The van der Waals surface area contributed by atoms with Gasteiger partial charge in [-0.1, -0.05) is 65.5 Å². The summed E-state index contributed by atoms with van der Waals surface area (Å²) in [4.78, 5) is 60.9. The van der Waals surface area contributed by atoms with Gasteiger partial charge in [0.2, 0.25) is 23.6 Å². The van der Waals surface area contributed by atoms with Crippen LogP contribution in [-0.2, 0) is 38.2 Å². The van der Waals surface area contributed by atoms with Crippen molar-refractivity contribution in [2.24, 2.45) is 52.1 Å². The Morgan fingerprint density at radius 1 is 0.934 bits per heavy atom. The lowest BCUT2D eigenvalue weighted by molar-refractivity contribution is -0.271. The Morgan fingerprint density at radius 2 is 1.66 bits per heavy atom. The van der Waals surface area contributed by atoms with E-state index in [2.05, 4.69) is 56.6 Å². The molecule has 61 heavy (non-hydrogen) atoms. The molecule has 4 fully saturated rings. The largest absolute Gasteiger partial charge is 0.481 e. The number of aliphatic carboxylic acids is 1. The zero-order valence-electron chi connectivity index (χ0n) is 37.8. The maximum Gasteiger partial charge on any atom is 0.303 e. The van der Waals surface area contributed by atoms with Crippen LogP contribution in [0.25, 0.3) is 0 Å². The van der Waals surface area contributed by atoms with E-state index >= 15 is 0 Å². The Morgan fingerprint density at radius 3 is 2.31 bits per heavy atom. The van der Waals surface area contributed by atoms with Gasteiger partial charge in [0.25, 0.3) is 0 Å². The van der Waals surface area contributed by atoms with Crippen LogP contribution in [0.3, 0.4) is 0 Å². The summed E-state index contributed by atoms with van der Waals surface area (Å²) in [6.45, 7) is 16.2. The third kappa shape index (κ3) is 11.3. The van der Waals surface area contributed by atoms with Crippen molar-refractivity contribution in [1.29, 1.82) is 0 Å². The lowest BCUT2D eigenvalue weighted by Crippen LogP contribution is -2.66. The topological polar surface area (TPSA) is 236 Å². The van der Waals surface area contributed by atoms with E-state index in [4.69, 9.17) is 25.1 Å². The SMILES string of the molecule is CC(=O)N[C@@H]1C(O)O[C@@H](CO[C@H]2CC[C@@]3(C)C(=CC[C@H]4[C@@H]5CC[C@H]([C@H](C)CCCC(C)C)[C@@]5(C)CC[C@@H]43)C2)[C@@H](O)[C@@H]1O[C@@H](C)C(=O)N[C@@H](C)C(=O)N[C@H](CCC(=O)O)C(N)=O. The van der Waals surface area contributed by atoms with Crippen molar-refractivity contribution in [3.05, 3.63) is 11.6 Å². The molecular formula is C46H76N4O11. The second-order valence-corrected chi connectivity index (χ2v) is 20.1. The highest BCUT2D eigenvalue weighted by Gasteiger charge is 2.59.